The average molecular weight is 156 g/mol. The average Bonchev–Trinajstić information content (AvgIpc) is 2.71. The fourth-order valence-electron chi connectivity index (χ4n) is 1.24. The van der Waals surface area contributed by atoms with Crippen molar-refractivity contribution in [3.05, 3.63) is 0 Å². The second-order valence-electron chi connectivity index (χ2n) is 3.64. The number of methoxy groups -OCH3 is 1. The molecule has 0 saturated heterocycles. The SMILES string of the molecule is COC(C)(CC1CC1)C(C)=O. The predicted molar refractivity (Wildman–Crippen MR) is 43.4 cm³/mol. The van der Waals surface area contributed by atoms with Crippen LogP contribution in [-0.2, 0) is 9.53 Å². The van der Waals surface area contributed by atoms with Gasteiger partial charge in [0.1, 0.15) is 5.60 Å². The third-order valence-corrected chi connectivity index (χ3v) is 2.57. The highest BCUT2D eigenvalue weighted by atomic mass is 16.5. The normalized spacial score (nSPS) is 22.8. The molecular weight excluding hydrogens is 140 g/mol. The molecule has 0 aromatic rings. The van der Waals surface area contributed by atoms with E-state index in [0.717, 1.165) is 12.3 Å². The monoisotopic (exact) mass is 156 g/mol. The Bertz CT molecular complexity index is 161. The van der Waals surface area contributed by atoms with Crippen molar-refractivity contribution < 1.29 is 9.53 Å². The molecule has 1 aliphatic rings. The van der Waals surface area contributed by atoms with Gasteiger partial charge in [-0.25, -0.2) is 0 Å². The van der Waals surface area contributed by atoms with E-state index in [1.807, 2.05) is 6.92 Å². The van der Waals surface area contributed by atoms with Gasteiger partial charge in [-0.3, -0.25) is 4.79 Å². The summed E-state index contributed by atoms with van der Waals surface area (Å²) in [5.41, 5.74) is -0.513. The van der Waals surface area contributed by atoms with Gasteiger partial charge in [0.15, 0.2) is 5.78 Å². The molecule has 1 rings (SSSR count). The van der Waals surface area contributed by atoms with Crippen molar-refractivity contribution in [1.29, 1.82) is 0 Å². The van der Waals surface area contributed by atoms with Crippen molar-refractivity contribution >= 4 is 5.78 Å². The number of ketones is 1. The fraction of sp³-hybridized carbons (Fsp3) is 0.889. The first kappa shape index (κ1) is 8.72. The van der Waals surface area contributed by atoms with E-state index in [1.54, 1.807) is 14.0 Å². The first-order valence-corrected chi connectivity index (χ1v) is 4.14. The molecule has 0 radical (unpaired) electrons. The maximum absolute atomic E-state index is 11.1. The second kappa shape index (κ2) is 2.94. The van der Waals surface area contributed by atoms with Crippen molar-refractivity contribution in [2.24, 2.45) is 5.92 Å². The maximum atomic E-state index is 11.1. The molecule has 0 aliphatic heterocycles. The zero-order chi connectivity index (χ0) is 8.48. The van der Waals surface area contributed by atoms with Crippen LogP contribution in [0.25, 0.3) is 0 Å². The summed E-state index contributed by atoms with van der Waals surface area (Å²) in [4.78, 5) is 11.1. The molecule has 0 amide bonds. The van der Waals surface area contributed by atoms with Crippen LogP contribution in [0.1, 0.15) is 33.1 Å². The number of carbonyl (C=O) groups is 1. The molecule has 1 saturated carbocycles. The highest BCUT2D eigenvalue weighted by molar-refractivity contribution is 5.84. The minimum Gasteiger partial charge on any atom is -0.371 e. The highest BCUT2D eigenvalue weighted by Crippen LogP contribution is 2.38. The van der Waals surface area contributed by atoms with Crippen LogP contribution in [0.3, 0.4) is 0 Å². The summed E-state index contributed by atoms with van der Waals surface area (Å²) >= 11 is 0. The van der Waals surface area contributed by atoms with Crippen LogP contribution in [0.5, 0.6) is 0 Å². The van der Waals surface area contributed by atoms with Crippen molar-refractivity contribution in [2.45, 2.75) is 38.7 Å². The van der Waals surface area contributed by atoms with Crippen molar-refractivity contribution in [2.75, 3.05) is 7.11 Å². The Morgan fingerprint density at radius 1 is 1.64 bits per heavy atom. The van der Waals surface area contributed by atoms with Gasteiger partial charge in [0.05, 0.1) is 0 Å². The summed E-state index contributed by atoms with van der Waals surface area (Å²) in [6.45, 7) is 3.49. The summed E-state index contributed by atoms with van der Waals surface area (Å²) in [6.07, 6.45) is 3.44. The summed E-state index contributed by atoms with van der Waals surface area (Å²) in [7, 11) is 1.61. The fourth-order valence-corrected chi connectivity index (χ4v) is 1.24. The van der Waals surface area contributed by atoms with E-state index in [1.165, 1.54) is 12.8 Å². The Balaban J connectivity index is 2.49. The Hall–Kier alpha value is -0.370. The lowest BCUT2D eigenvalue weighted by Gasteiger charge is -2.24. The molecule has 1 aliphatic carbocycles. The third-order valence-electron chi connectivity index (χ3n) is 2.57. The quantitative estimate of drug-likeness (QED) is 0.620. The molecule has 1 atom stereocenters. The number of hydrogen-bond acceptors (Lipinski definition) is 2. The molecule has 11 heavy (non-hydrogen) atoms. The van der Waals surface area contributed by atoms with Gasteiger partial charge in [-0.1, -0.05) is 12.8 Å². The van der Waals surface area contributed by atoms with Crippen LogP contribution >= 0.6 is 0 Å². The van der Waals surface area contributed by atoms with Crippen LogP contribution in [-0.4, -0.2) is 18.5 Å². The lowest BCUT2D eigenvalue weighted by Crippen LogP contribution is -2.36. The van der Waals surface area contributed by atoms with E-state index in [2.05, 4.69) is 0 Å². The number of Topliss-reactive ketones (excluding diaryl/α,β-unsaturated/α-hetero) is 1. The Morgan fingerprint density at radius 2 is 2.18 bits per heavy atom. The van der Waals surface area contributed by atoms with Gasteiger partial charge in [0.2, 0.25) is 0 Å². The molecule has 0 bridgehead atoms. The number of rotatable bonds is 4. The van der Waals surface area contributed by atoms with Gasteiger partial charge < -0.3 is 4.74 Å². The molecule has 0 aromatic carbocycles. The van der Waals surface area contributed by atoms with E-state index in [0.29, 0.717) is 0 Å². The molecule has 0 spiro atoms. The van der Waals surface area contributed by atoms with Crippen molar-refractivity contribution in [3.8, 4) is 0 Å². The van der Waals surface area contributed by atoms with Gasteiger partial charge in [-0.05, 0) is 26.2 Å². The molecule has 2 heteroatoms. The van der Waals surface area contributed by atoms with Crippen molar-refractivity contribution in [1.82, 2.24) is 0 Å². The van der Waals surface area contributed by atoms with Crippen LogP contribution in [0.15, 0.2) is 0 Å². The zero-order valence-electron chi connectivity index (χ0n) is 7.52. The smallest absolute Gasteiger partial charge is 0.161 e. The standard InChI is InChI=1S/C9H16O2/c1-7(10)9(2,11-3)6-8-4-5-8/h8H,4-6H2,1-3H3. The largest absolute Gasteiger partial charge is 0.371 e. The van der Waals surface area contributed by atoms with Crippen LogP contribution in [0.2, 0.25) is 0 Å². The summed E-state index contributed by atoms with van der Waals surface area (Å²) in [6, 6.07) is 0. The number of ether oxygens (including phenoxy) is 1. The molecule has 0 N–H and O–H groups in total. The third kappa shape index (κ3) is 2.03. The zero-order valence-corrected chi connectivity index (χ0v) is 7.52. The van der Waals surface area contributed by atoms with Gasteiger partial charge in [0.25, 0.3) is 0 Å². The summed E-state index contributed by atoms with van der Waals surface area (Å²) < 4.78 is 5.20. The summed E-state index contributed by atoms with van der Waals surface area (Å²) in [5, 5.41) is 0. The number of carbonyl (C=O) groups excluding carboxylic acids is 1. The lowest BCUT2D eigenvalue weighted by atomic mass is 9.95. The summed E-state index contributed by atoms with van der Waals surface area (Å²) in [5.74, 6) is 0.885. The topological polar surface area (TPSA) is 26.3 Å². The Labute approximate surface area is 67.9 Å². The highest BCUT2D eigenvalue weighted by Gasteiger charge is 2.36. The first-order valence-electron chi connectivity index (χ1n) is 4.14. The Kier molecular flexibility index (Phi) is 2.33. The minimum atomic E-state index is -0.513. The molecule has 1 unspecified atom stereocenters. The predicted octanol–water partition coefficient (Wildman–Crippen LogP) is 1.78. The van der Waals surface area contributed by atoms with Crippen molar-refractivity contribution in [3.63, 3.8) is 0 Å². The first-order chi connectivity index (χ1) is 5.08. The van der Waals surface area contributed by atoms with E-state index in [9.17, 15) is 4.79 Å². The van der Waals surface area contributed by atoms with E-state index < -0.39 is 5.60 Å². The van der Waals surface area contributed by atoms with E-state index >= 15 is 0 Å². The molecule has 0 heterocycles. The van der Waals surface area contributed by atoms with Gasteiger partial charge in [0, 0.05) is 7.11 Å². The molecule has 1 fully saturated rings. The second-order valence-corrected chi connectivity index (χ2v) is 3.64. The minimum absolute atomic E-state index is 0.145. The maximum Gasteiger partial charge on any atom is 0.161 e. The van der Waals surface area contributed by atoms with Crippen LogP contribution in [0, 0.1) is 5.92 Å². The Morgan fingerprint density at radius 3 is 2.45 bits per heavy atom. The van der Waals surface area contributed by atoms with Crippen LogP contribution in [0.4, 0.5) is 0 Å². The van der Waals surface area contributed by atoms with Gasteiger partial charge in [-0.2, -0.15) is 0 Å². The van der Waals surface area contributed by atoms with Gasteiger partial charge in [-0.15, -0.1) is 0 Å². The van der Waals surface area contributed by atoms with E-state index in [-0.39, 0.29) is 5.78 Å². The molecular formula is C9H16O2. The lowest BCUT2D eigenvalue weighted by molar-refractivity contribution is -0.137. The van der Waals surface area contributed by atoms with E-state index in [4.69, 9.17) is 4.74 Å². The molecule has 0 aromatic heterocycles. The molecule has 2 nitrogen and oxygen atoms in total. The molecule has 64 valence electrons. The van der Waals surface area contributed by atoms with Gasteiger partial charge >= 0.3 is 0 Å². The van der Waals surface area contributed by atoms with Crippen LogP contribution < -0.4 is 0 Å². The number of hydrogen-bond donors (Lipinski definition) is 0.